The largest absolute Gasteiger partial charge is 0.342 e. The summed E-state index contributed by atoms with van der Waals surface area (Å²) in [5.74, 6) is 1.37. The number of nitrogens with zero attached hydrogens (tertiary/aromatic N) is 1. The molecule has 2 fully saturated rings. The second-order valence-electron chi connectivity index (χ2n) is 4.04. The molecule has 2 rings (SSSR count). The van der Waals surface area contributed by atoms with Gasteiger partial charge in [-0.25, -0.2) is 0 Å². The zero-order valence-corrected chi connectivity index (χ0v) is 7.55. The van der Waals surface area contributed by atoms with Crippen LogP contribution in [0.15, 0.2) is 0 Å². The van der Waals surface area contributed by atoms with Crippen LogP contribution in [0.25, 0.3) is 0 Å². The monoisotopic (exact) mass is 168 g/mol. The molecular weight excluding hydrogens is 152 g/mol. The molecule has 0 aliphatic carbocycles. The van der Waals surface area contributed by atoms with Crippen LogP contribution in [0.1, 0.15) is 13.3 Å². The van der Waals surface area contributed by atoms with Gasteiger partial charge < -0.3 is 10.2 Å². The van der Waals surface area contributed by atoms with Crippen LogP contribution in [0.4, 0.5) is 0 Å². The lowest BCUT2D eigenvalue weighted by molar-refractivity contribution is -0.140. The molecule has 2 heterocycles. The third-order valence-corrected chi connectivity index (χ3v) is 2.79. The van der Waals surface area contributed by atoms with Gasteiger partial charge in [0.25, 0.3) is 0 Å². The zero-order chi connectivity index (χ0) is 8.55. The normalized spacial score (nSPS) is 30.4. The van der Waals surface area contributed by atoms with Crippen molar-refractivity contribution in [3.63, 3.8) is 0 Å². The molecule has 0 aromatic rings. The summed E-state index contributed by atoms with van der Waals surface area (Å²) in [4.78, 5) is 13.6. The Balaban J connectivity index is 1.83. The van der Waals surface area contributed by atoms with E-state index in [1.807, 2.05) is 4.90 Å². The van der Waals surface area contributed by atoms with Crippen LogP contribution in [-0.2, 0) is 4.79 Å². The van der Waals surface area contributed by atoms with Gasteiger partial charge in [0.2, 0.25) is 5.91 Å². The first kappa shape index (κ1) is 8.05. The van der Waals surface area contributed by atoms with Gasteiger partial charge in [0.05, 0.1) is 5.92 Å². The van der Waals surface area contributed by atoms with Gasteiger partial charge in [-0.3, -0.25) is 4.79 Å². The molecule has 1 N–H and O–H groups in total. The average Bonchev–Trinajstić information content (AvgIpc) is 2.49. The van der Waals surface area contributed by atoms with E-state index in [0.717, 1.165) is 38.5 Å². The smallest absolute Gasteiger partial charge is 0.227 e. The Kier molecular flexibility index (Phi) is 2.05. The third kappa shape index (κ3) is 1.33. The third-order valence-electron chi connectivity index (χ3n) is 2.79. The maximum atomic E-state index is 11.7. The summed E-state index contributed by atoms with van der Waals surface area (Å²) in [6.07, 6.45) is 1.03. The van der Waals surface area contributed by atoms with Crippen molar-refractivity contribution < 1.29 is 4.79 Å². The molecule has 2 aliphatic heterocycles. The summed E-state index contributed by atoms with van der Waals surface area (Å²) in [6, 6.07) is 0. The molecule has 0 unspecified atom stereocenters. The van der Waals surface area contributed by atoms with Gasteiger partial charge >= 0.3 is 0 Å². The van der Waals surface area contributed by atoms with E-state index in [0.29, 0.717) is 5.91 Å². The fourth-order valence-corrected chi connectivity index (χ4v) is 2.00. The van der Waals surface area contributed by atoms with Crippen LogP contribution in [0.3, 0.4) is 0 Å². The van der Waals surface area contributed by atoms with E-state index in [2.05, 4.69) is 12.2 Å². The molecule has 1 amide bonds. The second-order valence-corrected chi connectivity index (χ2v) is 4.04. The maximum absolute atomic E-state index is 11.7. The maximum Gasteiger partial charge on any atom is 0.227 e. The van der Waals surface area contributed by atoms with Crippen molar-refractivity contribution in [1.82, 2.24) is 10.2 Å². The predicted molar refractivity (Wildman–Crippen MR) is 46.7 cm³/mol. The fourth-order valence-electron chi connectivity index (χ4n) is 2.00. The van der Waals surface area contributed by atoms with Gasteiger partial charge in [-0.15, -0.1) is 0 Å². The molecule has 1 atom stereocenters. The summed E-state index contributed by atoms with van der Waals surface area (Å²) < 4.78 is 0. The summed E-state index contributed by atoms with van der Waals surface area (Å²) in [6.45, 7) is 6.06. The minimum atomic E-state index is 0.275. The van der Waals surface area contributed by atoms with Crippen LogP contribution in [0, 0.1) is 11.8 Å². The fraction of sp³-hybridized carbons (Fsp3) is 0.889. The first-order valence-electron chi connectivity index (χ1n) is 4.77. The van der Waals surface area contributed by atoms with E-state index in [9.17, 15) is 4.79 Å². The van der Waals surface area contributed by atoms with Crippen molar-refractivity contribution in [2.75, 3.05) is 26.2 Å². The second kappa shape index (κ2) is 3.05. The Labute approximate surface area is 73.1 Å². The van der Waals surface area contributed by atoms with Gasteiger partial charge in [-0.2, -0.15) is 0 Å². The Morgan fingerprint density at radius 2 is 2.25 bits per heavy atom. The summed E-state index contributed by atoms with van der Waals surface area (Å²) in [5.41, 5.74) is 0. The van der Waals surface area contributed by atoms with Crippen LogP contribution in [0.2, 0.25) is 0 Å². The van der Waals surface area contributed by atoms with E-state index in [1.54, 1.807) is 0 Å². The molecule has 0 aromatic heterocycles. The SMILES string of the molecule is CC1CN(C(=O)[C@@H]2CCNC2)C1. The zero-order valence-electron chi connectivity index (χ0n) is 7.55. The van der Waals surface area contributed by atoms with E-state index in [-0.39, 0.29) is 5.92 Å². The highest BCUT2D eigenvalue weighted by Crippen LogP contribution is 2.19. The molecule has 0 bridgehead atoms. The number of carbonyl (C=O) groups is 1. The molecule has 2 saturated heterocycles. The minimum Gasteiger partial charge on any atom is -0.342 e. The standard InChI is InChI=1S/C9H16N2O/c1-7-5-11(6-7)9(12)8-2-3-10-4-8/h7-8,10H,2-6H2,1H3/t8-/m1/s1. The lowest BCUT2D eigenvalue weighted by Gasteiger charge is -2.38. The minimum absolute atomic E-state index is 0.275. The predicted octanol–water partition coefficient (Wildman–Crippen LogP) is 0.0742. The summed E-state index contributed by atoms with van der Waals surface area (Å²) in [5, 5.41) is 3.22. The number of carbonyl (C=O) groups excluding carboxylic acids is 1. The quantitative estimate of drug-likeness (QED) is 0.601. The summed E-state index contributed by atoms with van der Waals surface area (Å²) in [7, 11) is 0. The number of rotatable bonds is 1. The van der Waals surface area contributed by atoms with E-state index < -0.39 is 0 Å². The lowest BCUT2D eigenvalue weighted by Crippen LogP contribution is -2.51. The van der Waals surface area contributed by atoms with E-state index in [4.69, 9.17) is 0 Å². The van der Waals surface area contributed by atoms with Crippen LogP contribution >= 0.6 is 0 Å². The highest BCUT2D eigenvalue weighted by atomic mass is 16.2. The molecule has 12 heavy (non-hydrogen) atoms. The average molecular weight is 168 g/mol. The molecule has 68 valence electrons. The number of nitrogens with one attached hydrogen (secondary N) is 1. The Morgan fingerprint density at radius 3 is 2.75 bits per heavy atom. The van der Waals surface area contributed by atoms with Gasteiger partial charge in [0, 0.05) is 19.6 Å². The summed E-state index contributed by atoms with van der Waals surface area (Å²) >= 11 is 0. The van der Waals surface area contributed by atoms with Crippen molar-refractivity contribution in [2.24, 2.45) is 11.8 Å². The van der Waals surface area contributed by atoms with E-state index in [1.165, 1.54) is 0 Å². The molecule has 2 aliphatic rings. The molecule has 0 saturated carbocycles. The molecule has 0 spiro atoms. The molecule has 0 aromatic carbocycles. The number of hydrogen-bond acceptors (Lipinski definition) is 2. The number of hydrogen-bond donors (Lipinski definition) is 1. The number of likely N-dealkylation sites (tertiary alicyclic amines) is 1. The van der Waals surface area contributed by atoms with Crippen LogP contribution in [0.5, 0.6) is 0 Å². The Bertz CT molecular complexity index is 181. The highest BCUT2D eigenvalue weighted by Gasteiger charge is 2.33. The van der Waals surface area contributed by atoms with Crippen molar-refractivity contribution >= 4 is 5.91 Å². The van der Waals surface area contributed by atoms with E-state index >= 15 is 0 Å². The van der Waals surface area contributed by atoms with Crippen LogP contribution < -0.4 is 5.32 Å². The first-order valence-corrected chi connectivity index (χ1v) is 4.77. The first-order chi connectivity index (χ1) is 5.77. The topological polar surface area (TPSA) is 32.3 Å². The van der Waals surface area contributed by atoms with Gasteiger partial charge in [0.1, 0.15) is 0 Å². The van der Waals surface area contributed by atoms with Crippen molar-refractivity contribution in [2.45, 2.75) is 13.3 Å². The van der Waals surface area contributed by atoms with Gasteiger partial charge in [0.15, 0.2) is 0 Å². The van der Waals surface area contributed by atoms with Crippen LogP contribution in [-0.4, -0.2) is 37.0 Å². The van der Waals surface area contributed by atoms with Crippen molar-refractivity contribution in [1.29, 1.82) is 0 Å². The Morgan fingerprint density at radius 1 is 1.50 bits per heavy atom. The number of amides is 1. The van der Waals surface area contributed by atoms with Gasteiger partial charge in [-0.05, 0) is 18.9 Å². The van der Waals surface area contributed by atoms with Gasteiger partial charge in [-0.1, -0.05) is 6.92 Å². The highest BCUT2D eigenvalue weighted by molar-refractivity contribution is 5.80. The van der Waals surface area contributed by atoms with Crippen molar-refractivity contribution in [3.8, 4) is 0 Å². The van der Waals surface area contributed by atoms with Crippen molar-refractivity contribution in [3.05, 3.63) is 0 Å². The molecule has 3 heteroatoms. The molecular formula is C9H16N2O. The molecule has 0 radical (unpaired) electrons. The molecule has 3 nitrogen and oxygen atoms in total. The lowest BCUT2D eigenvalue weighted by atomic mass is 9.99. The Hall–Kier alpha value is -0.570.